The van der Waals surface area contributed by atoms with Crippen molar-refractivity contribution in [3.63, 3.8) is 0 Å². The van der Waals surface area contributed by atoms with E-state index in [2.05, 4.69) is 11.4 Å². The van der Waals surface area contributed by atoms with Gasteiger partial charge in [0.05, 0.1) is 11.6 Å². The fraction of sp³-hybridized carbons (Fsp3) is 0.600. The molecule has 0 aliphatic heterocycles. The van der Waals surface area contributed by atoms with Crippen molar-refractivity contribution < 1.29 is 4.74 Å². The molecule has 0 bridgehead atoms. The number of rotatable bonds is 6. The molecule has 1 aliphatic carbocycles. The molecule has 2 rings (SSSR count). The zero-order valence-electron chi connectivity index (χ0n) is 11.0. The van der Waals surface area contributed by atoms with Gasteiger partial charge in [0.1, 0.15) is 5.75 Å². The van der Waals surface area contributed by atoms with Crippen molar-refractivity contribution in [2.24, 2.45) is 0 Å². The first-order valence-electron chi connectivity index (χ1n) is 6.94. The van der Waals surface area contributed by atoms with E-state index in [0.717, 1.165) is 29.8 Å². The summed E-state index contributed by atoms with van der Waals surface area (Å²) in [5.41, 5.74) is 1.27. The zero-order valence-corrected chi connectivity index (χ0v) is 11.8. The van der Waals surface area contributed by atoms with E-state index in [1.807, 2.05) is 19.1 Å². The monoisotopic (exact) mass is 267 g/mol. The van der Waals surface area contributed by atoms with Crippen molar-refractivity contribution >= 4 is 11.6 Å². The van der Waals surface area contributed by atoms with Gasteiger partial charge in [0.2, 0.25) is 0 Å². The van der Waals surface area contributed by atoms with Gasteiger partial charge in [0.15, 0.2) is 0 Å². The molecule has 1 aliphatic rings. The standard InChI is InChI=1S/C15H22ClNO/c1-2-18-15-8-7-12(11-14(15)16)9-10-17-13-5-3-4-6-13/h7-8,11,13,17H,2-6,9-10H2,1H3. The second kappa shape index (κ2) is 7.01. The molecule has 0 saturated heterocycles. The van der Waals surface area contributed by atoms with E-state index in [4.69, 9.17) is 16.3 Å². The number of hydrogen-bond donors (Lipinski definition) is 1. The van der Waals surface area contributed by atoms with Crippen LogP contribution < -0.4 is 10.1 Å². The van der Waals surface area contributed by atoms with Gasteiger partial charge in [-0.05, 0) is 50.4 Å². The van der Waals surface area contributed by atoms with Crippen molar-refractivity contribution in [1.29, 1.82) is 0 Å². The molecule has 1 aromatic rings. The molecule has 100 valence electrons. The third-order valence-corrected chi connectivity index (χ3v) is 3.79. The highest BCUT2D eigenvalue weighted by atomic mass is 35.5. The fourth-order valence-electron chi connectivity index (χ4n) is 2.52. The van der Waals surface area contributed by atoms with Gasteiger partial charge >= 0.3 is 0 Å². The van der Waals surface area contributed by atoms with E-state index in [1.165, 1.54) is 31.2 Å². The number of nitrogens with one attached hydrogen (secondary N) is 1. The summed E-state index contributed by atoms with van der Waals surface area (Å²) in [5, 5.41) is 4.33. The molecule has 1 aromatic carbocycles. The van der Waals surface area contributed by atoms with Gasteiger partial charge in [-0.25, -0.2) is 0 Å². The Morgan fingerprint density at radius 1 is 1.33 bits per heavy atom. The van der Waals surface area contributed by atoms with E-state index >= 15 is 0 Å². The van der Waals surface area contributed by atoms with Crippen LogP contribution in [-0.4, -0.2) is 19.2 Å². The lowest BCUT2D eigenvalue weighted by Gasteiger charge is -2.12. The largest absolute Gasteiger partial charge is 0.492 e. The Bertz CT molecular complexity index is 375. The predicted octanol–water partition coefficient (Wildman–Crippen LogP) is 3.81. The summed E-state index contributed by atoms with van der Waals surface area (Å²) >= 11 is 6.17. The van der Waals surface area contributed by atoms with E-state index < -0.39 is 0 Å². The lowest BCUT2D eigenvalue weighted by molar-refractivity contribution is 0.340. The van der Waals surface area contributed by atoms with E-state index in [1.54, 1.807) is 0 Å². The van der Waals surface area contributed by atoms with Crippen LogP contribution in [0.3, 0.4) is 0 Å². The quantitative estimate of drug-likeness (QED) is 0.846. The summed E-state index contributed by atoms with van der Waals surface area (Å²) in [5.74, 6) is 0.784. The summed E-state index contributed by atoms with van der Waals surface area (Å²) in [7, 11) is 0. The van der Waals surface area contributed by atoms with Crippen LogP contribution in [0.2, 0.25) is 5.02 Å². The predicted molar refractivity (Wildman–Crippen MR) is 76.6 cm³/mol. The number of benzene rings is 1. The highest BCUT2D eigenvalue weighted by Crippen LogP contribution is 2.25. The van der Waals surface area contributed by atoms with Gasteiger partial charge in [-0.1, -0.05) is 30.5 Å². The molecule has 1 saturated carbocycles. The normalized spacial score (nSPS) is 16.1. The first-order valence-corrected chi connectivity index (χ1v) is 7.32. The number of hydrogen-bond acceptors (Lipinski definition) is 2. The minimum absolute atomic E-state index is 0.655. The Morgan fingerprint density at radius 3 is 2.78 bits per heavy atom. The topological polar surface area (TPSA) is 21.3 Å². The molecule has 0 atom stereocenters. The van der Waals surface area contributed by atoms with E-state index in [9.17, 15) is 0 Å². The van der Waals surface area contributed by atoms with Crippen molar-refractivity contribution in [3.8, 4) is 5.75 Å². The van der Waals surface area contributed by atoms with Gasteiger partial charge in [0, 0.05) is 6.04 Å². The van der Waals surface area contributed by atoms with Gasteiger partial charge < -0.3 is 10.1 Å². The number of halogens is 1. The zero-order chi connectivity index (χ0) is 12.8. The molecule has 0 unspecified atom stereocenters. The van der Waals surface area contributed by atoms with Gasteiger partial charge in [-0.15, -0.1) is 0 Å². The smallest absolute Gasteiger partial charge is 0.137 e. The number of ether oxygens (including phenoxy) is 1. The second-order valence-electron chi connectivity index (χ2n) is 4.88. The summed E-state index contributed by atoms with van der Waals surface area (Å²) in [4.78, 5) is 0. The summed E-state index contributed by atoms with van der Waals surface area (Å²) in [6, 6.07) is 6.83. The maximum Gasteiger partial charge on any atom is 0.137 e. The highest BCUT2D eigenvalue weighted by Gasteiger charge is 2.13. The first-order chi connectivity index (χ1) is 8.79. The molecule has 2 nitrogen and oxygen atoms in total. The minimum atomic E-state index is 0.655. The molecule has 0 amide bonds. The molecule has 0 aromatic heterocycles. The van der Waals surface area contributed by atoms with Crippen LogP contribution in [0.5, 0.6) is 5.75 Å². The van der Waals surface area contributed by atoms with E-state index in [0.29, 0.717) is 6.61 Å². The lowest BCUT2D eigenvalue weighted by Crippen LogP contribution is -2.27. The minimum Gasteiger partial charge on any atom is -0.492 e. The van der Waals surface area contributed by atoms with Gasteiger partial charge in [-0.3, -0.25) is 0 Å². The van der Waals surface area contributed by atoms with Gasteiger partial charge in [-0.2, -0.15) is 0 Å². The molecule has 1 N–H and O–H groups in total. The Hall–Kier alpha value is -0.730. The lowest BCUT2D eigenvalue weighted by atomic mass is 10.1. The van der Waals surface area contributed by atoms with E-state index in [-0.39, 0.29) is 0 Å². The summed E-state index contributed by atoms with van der Waals surface area (Å²) in [6.07, 6.45) is 6.47. The second-order valence-corrected chi connectivity index (χ2v) is 5.29. The Labute approximate surface area is 115 Å². The average molecular weight is 268 g/mol. The molecule has 0 heterocycles. The van der Waals surface area contributed by atoms with Crippen LogP contribution in [-0.2, 0) is 6.42 Å². The van der Waals surface area contributed by atoms with Crippen LogP contribution in [0.15, 0.2) is 18.2 Å². The van der Waals surface area contributed by atoms with Crippen molar-refractivity contribution in [1.82, 2.24) is 5.32 Å². The third kappa shape index (κ3) is 3.89. The van der Waals surface area contributed by atoms with Crippen LogP contribution in [0, 0.1) is 0 Å². The average Bonchev–Trinajstić information content (AvgIpc) is 2.86. The Balaban J connectivity index is 1.80. The Kier molecular flexibility index (Phi) is 5.33. The maximum absolute atomic E-state index is 6.17. The Morgan fingerprint density at radius 2 is 2.11 bits per heavy atom. The van der Waals surface area contributed by atoms with Crippen LogP contribution in [0.25, 0.3) is 0 Å². The maximum atomic E-state index is 6.17. The molecule has 0 radical (unpaired) electrons. The van der Waals surface area contributed by atoms with Crippen molar-refractivity contribution in [2.75, 3.05) is 13.2 Å². The molecule has 18 heavy (non-hydrogen) atoms. The fourth-order valence-corrected chi connectivity index (χ4v) is 2.78. The molecule has 1 fully saturated rings. The van der Waals surface area contributed by atoms with Crippen molar-refractivity contribution in [3.05, 3.63) is 28.8 Å². The van der Waals surface area contributed by atoms with Crippen LogP contribution in [0.1, 0.15) is 38.2 Å². The summed E-state index contributed by atoms with van der Waals surface area (Å²) < 4.78 is 5.43. The third-order valence-electron chi connectivity index (χ3n) is 3.50. The van der Waals surface area contributed by atoms with Gasteiger partial charge in [0.25, 0.3) is 0 Å². The molecular weight excluding hydrogens is 246 g/mol. The summed E-state index contributed by atoms with van der Waals surface area (Å²) in [6.45, 7) is 3.66. The molecule has 3 heteroatoms. The van der Waals surface area contributed by atoms with Crippen molar-refractivity contribution in [2.45, 2.75) is 45.1 Å². The molecule has 0 spiro atoms. The SMILES string of the molecule is CCOc1ccc(CCNC2CCCC2)cc1Cl. The van der Waals surface area contributed by atoms with Crippen LogP contribution >= 0.6 is 11.6 Å². The molecular formula is C15H22ClNO. The first kappa shape index (κ1) is 13.7. The van der Waals surface area contributed by atoms with Crippen LogP contribution in [0.4, 0.5) is 0 Å². The highest BCUT2D eigenvalue weighted by molar-refractivity contribution is 6.32.